The number of piperidine rings is 1. The smallest absolute Gasteiger partial charge is 0.241 e. The summed E-state index contributed by atoms with van der Waals surface area (Å²) < 4.78 is 1.75. The minimum atomic E-state index is 0.0840. The van der Waals surface area contributed by atoms with E-state index in [1.807, 2.05) is 13.0 Å². The topological polar surface area (TPSA) is 50.2 Å². The molecular formula is C14H22N4O. The molecule has 0 aromatic carbocycles. The molecule has 19 heavy (non-hydrogen) atoms. The van der Waals surface area contributed by atoms with Crippen molar-refractivity contribution in [3.05, 3.63) is 18.0 Å². The van der Waals surface area contributed by atoms with Crippen LogP contribution >= 0.6 is 0 Å². The number of nitrogens with one attached hydrogen (secondary N) is 1. The molecule has 2 bridgehead atoms. The van der Waals surface area contributed by atoms with Crippen molar-refractivity contribution in [3.63, 3.8) is 0 Å². The van der Waals surface area contributed by atoms with E-state index in [-0.39, 0.29) is 5.91 Å². The van der Waals surface area contributed by atoms with Gasteiger partial charge in [0.05, 0.1) is 0 Å². The Morgan fingerprint density at radius 2 is 2.11 bits per heavy atom. The van der Waals surface area contributed by atoms with Gasteiger partial charge in [-0.2, -0.15) is 5.10 Å². The number of nitrogens with zero attached hydrogens (tertiary/aromatic N) is 3. The maximum Gasteiger partial charge on any atom is 0.241 e. The summed E-state index contributed by atoms with van der Waals surface area (Å²) in [7, 11) is 2.22. The van der Waals surface area contributed by atoms with E-state index >= 15 is 0 Å². The van der Waals surface area contributed by atoms with Gasteiger partial charge in [-0.25, -0.2) is 0 Å². The predicted molar refractivity (Wildman–Crippen MR) is 72.7 cm³/mol. The van der Waals surface area contributed by atoms with Gasteiger partial charge in [-0.1, -0.05) is 0 Å². The highest BCUT2D eigenvalue weighted by molar-refractivity contribution is 5.76. The van der Waals surface area contributed by atoms with Gasteiger partial charge >= 0.3 is 0 Å². The Labute approximate surface area is 114 Å². The SMILES string of the molecule is Cc1ccnn1CC(=O)NC1CC2CCC(C1)N2C. The summed E-state index contributed by atoms with van der Waals surface area (Å²) in [4.78, 5) is 14.5. The van der Waals surface area contributed by atoms with E-state index in [0.29, 0.717) is 24.7 Å². The van der Waals surface area contributed by atoms with Gasteiger partial charge in [-0.15, -0.1) is 0 Å². The second-order valence-electron chi connectivity index (χ2n) is 5.92. The summed E-state index contributed by atoms with van der Waals surface area (Å²) >= 11 is 0. The van der Waals surface area contributed by atoms with Crippen LogP contribution in [-0.2, 0) is 11.3 Å². The fraction of sp³-hybridized carbons (Fsp3) is 0.714. The van der Waals surface area contributed by atoms with Crippen molar-refractivity contribution in [2.45, 2.75) is 57.3 Å². The monoisotopic (exact) mass is 262 g/mol. The molecule has 2 fully saturated rings. The van der Waals surface area contributed by atoms with Gasteiger partial charge in [0.15, 0.2) is 0 Å². The first kappa shape index (κ1) is 12.7. The zero-order valence-electron chi connectivity index (χ0n) is 11.7. The van der Waals surface area contributed by atoms with Gasteiger partial charge in [-0.05, 0) is 45.7 Å². The lowest BCUT2D eigenvalue weighted by molar-refractivity contribution is -0.123. The van der Waals surface area contributed by atoms with Gasteiger partial charge in [0, 0.05) is 30.0 Å². The highest BCUT2D eigenvalue weighted by Gasteiger charge is 2.38. The van der Waals surface area contributed by atoms with E-state index in [9.17, 15) is 4.79 Å². The van der Waals surface area contributed by atoms with Gasteiger partial charge < -0.3 is 10.2 Å². The minimum Gasteiger partial charge on any atom is -0.352 e. The summed E-state index contributed by atoms with van der Waals surface area (Å²) in [5.74, 6) is 0.0840. The quantitative estimate of drug-likeness (QED) is 0.882. The molecule has 2 aliphatic heterocycles. The molecule has 2 saturated heterocycles. The Kier molecular flexibility index (Phi) is 3.31. The first-order chi connectivity index (χ1) is 9.13. The van der Waals surface area contributed by atoms with Crippen LogP contribution in [0.15, 0.2) is 12.3 Å². The number of carbonyl (C=O) groups is 1. The highest BCUT2D eigenvalue weighted by Crippen LogP contribution is 2.34. The molecular weight excluding hydrogens is 240 g/mol. The van der Waals surface area contributed by atoms with Crippen molar-refractivity contribution in [1.29, 1.82) is 0 Å². The van der Waals surface area contributed by atoms with E-state index in [2.05, 4.69) is 22.4 Å². The Morgan fingerprint density at radius 3 is 2.68 bits per heavy atom. The van der Waals surface area contributed by atoms with E-state index < -0.39 is 0 Å². The number of carbonyl (C=O) groups excluding carboxylic acids is 1. The molecule has 1 aromatic heterocycles. The number of aromatic nitrogens is 2. The number of fused-ring (bicyclic) bond motifs is 2. The molecule has 2 atom stereocenters. The molecule has 1 aromatic rings. The zero-order valence-corrected chi connectivity index (χ0v) is 11.7. The summed E-state index contributed by atoms with van der Waals surface area (Å²) in [5.41, 5.74) is 1.03. The standard InChI is InChI=1S/C14H22N4O/c1-10-5-6-15-18(10)9-14(19)16-11-7-12-3-4-13(8-11)17(12)2/h5-6,11-13H,3-4,7-9H2,1-2H3,(H,16,19). The lowest BCUT2D eigenvalue weighted by Crippen LogP contribution is -2.49. The third kappa shape index (κ3) is 2.52. The summed E-state index contributed by atoms with van der Waals surface area (Å²) in [6.45, 7) is 2.30. The number of amides is 1. The first-order valence-electron chi connectivity index (χ1n) is 7.13. The number of hydrogen-bond donors (Lipinski definition) is 1. The average molecular weight is 262 g/mol. The highest BCUT2D eigenvalue weighted by atomic mass is 16.2. The molecule has 0 spiro atoms. The van der Waals surface area contributed by atoms with Crippen LogP contribution in [0.25, 0.3) is 0 Å². The van der Waals surface area contributed by atoms with Crippen molar-refractivity contribution in [1.82, 2.24) is 20.0 Å². The third-order valence-corrected chi connectivity index (χ3v) is 4.69. The van der Waals surface area contributed by atoms with Crippen molar-refractivity contribution >= 4 is 5.91 Å². The number of rotatable bonds is 3. The van der Waals surface area contributed by atoms with Gasteiger partial charge in [0.1, 0.15) is 6.54 Å². The second kappa shape index (κ2) is 4.96. The maximum atomic E-state index is 12.1. The van der Waals surface area contributed by atoms with Crippen LogP contribution in [-0.4, -0.2) is 45.8 Å². The fourth-order valence-corrected chi connectivity index (χ4v) is 3.50. The van der Waals surface area contributed by atoms with E-state index in [1.54, 1.807) is 10.9 Å². The van der Waals surface area contributed by atoms with Crippen LogP contribution in [0.1, 0.15) is 31.4 Å². The minimum absolute atomic E-state index is 0.0840. The van der Waals surface area contributed by atoms with E-state index in [1.165, 1.54) is 12.8 Å². The lowest BCUT2D eigenvalue weighted by atomic mass is 9.98. The largest absolute Gasteiger partial charge is 0.352 e. The molecule has 2 aliphatic rings. The van der Waals surface area contributed by atoms with Crippen molar-refractivity contribution in [3.8, 4) is 0 Å². The summed E-state index contributed by atoms with van der Waals surface area (Å²) in [6, 6.07) is 3.59. The number of aryl methyl sites for hydroxylation is 1. The molecule has 1 N–H and O–H groups in total. The van der Waals surface area contributed by atoms with Gasteiger partial charge in [-0.3, -0.25) is 9.48 Å². The van der Waals surface area contributed by atoms with E-state index in [0.717, 1.165) is 18.5 Å². The average Bonchev–Trinajstić information content (AvgIpc) is 2.83. The van der Waals surface area contributed by atoms with Crippen LogP contribution in [0.5, 0.6) is 0 Å². The van der Waals surface area contributed by atoms with Crippen LogP contribution in [0.3, 0.4) is 0 Å². The van der Waals surface area contributed by atoms with Crippen LogP contribution in [0, 0.1) is 6.92 Å². The molecule has 5 heteroatoms. The Morgan fingerprint density at radius 1 is 1.42 bits per heavy atom. The first-order valence-corrected chi connectivity index (χ1v) is 7.13. The Bertz CT molecular complexity index is 456. The van der Waals surface area contributed by atoms with Gasteiger partial charge in [0.25, 0.3) is 0 Å². The number of hydrogen-bond acceptors (Lipinski definition) is 3. The van der Waals surface area contributed by atoms with Crippen LogP contribution in [0.2, 0.25) is 0 Å². The molecule has 0 saturated carbocycles. The molecule has 3 rings (SSSR count). The summed E-state index contributed by atoms with van der Waals surface area (Å²) in [5, 5.41) is 7.33. The zero-order chi connectivity index (χ0) is 13.4. The molecule has 104 valence electrons. The molecule has 1 amide bonds. The van der Waals surface area contributed by atoms with E-state index in [4.69, 9.17) is 0 Å². The second-order valence-corrected chi connectivity index (χ2v) is 5.92. The van der Waals surface area contributed by atoms with Crippen molar-refractivity contribution < 1.29 is 4.79 Å². The molecule has 5 nitrogen and oxygen atoms in total. The molecule has 3 heterocycles. The van der Waals surface area contributed by atoms with Crippen LogP contribution in [0.4, 0.5) is 0 Å². The molecule has 2 unspecified atom stereocenters. The Balaban J connectivity index is 1.55. The fourth-order valence-electron chi connectivity index (χ4n) is 3.50. The van der Waals surface area contributed by atoms with Gasteiger partial charge in [0.2, 0.25) is 5.91 Å². The van der Waals surface area contributed by atoms with Crippen LogP contribution < -0.4 is 5.32 Å². The van der Waals surface area contributed by atoms with Crippen molar-refractivity contribution in [2.75, 3.05) is 7.05 Å². The summed E-state index contributed by atoms with van der Waals surface area (Å²) in [6.07, 6.45) is 6.49. The normalized spacial score (nSPS) is 30.5. The Hall–Kier alpha value is -1.36. The third-order valence-electron chi connectivity index (χ3n) is 4.69. The maximum absolute atomic E-state index is 12.1. The van der Waals surface area contributed by atoms with Crippen molar-refractivity contribution in [2.24, 2.45) is 0 Å². The molecule has 0 radical (unpaired) electrons. The molecule has 0 aliphatic carbocycles. The predicted octanol–water partition coefficient (Wildman–Crippen LogP) is 0.933. The lowest BCUT2D eigenvalue weighted by Gasteiger charge is -2.36.